The molecule has 1 rings (SSSR count). The molecule has 0 aliphatic carbocycles. The van der Waals surface area contributed by atoms with Crippen LogP contribution in [0.4, 0.5) is 0 Å². The number of pyridine rings is 1. The first-order valence-electron chi connectivity index (χ1n) is 8.29. The molecule has 124 valence electrons. The number of hydrogen-bond acceptors (Lipinski definition) is 3. The van der Waals surface area contributed by atoms with Crippen molar-refractivity contribution in [1.29, 1.82) is 0 Å². The fraction of sp³-hybridized carbons (Fsp3) is 0.667. The van der Waals surface area contributed by atoms with E-state index in [2.05, 4.69) is 38.0 Å². The lowest BCUT2D eigenvalue weighted by atomic mass is 9.92. The zero-order valence-electron chi connectivity index (χ0n) is 14.4. The Labute approximate surface area is 134 Å². The van der Waals surface area contributed by atoms with Crippen LogP contribution < -0.4 is 10.1 Å². The van der Waals surface area contributed by atoms with Crippen LogP contribution in [0.5, 0.6) is 5.88 Å². The van der Waals surface area contributed by atoms with Gasteiger partial charge in [0.2, 0.25) is 5.88 Å². The summed E-state index contributed by atoms with van der Waals surface area (Å²) in [7, 11) is 0. The van der Waals surface area contributed by atoms with Gasteiger partial charge in [-0.1, -0.05) is 47.0 Å². The number of ether oxygens (including phenoxy) is 1. The lowest BCUT2D eigenvalue weighted by molar-refractivity contribution is 0.0949. The molecule has 0 unspecified atom stereocenters. The molecule has 1 aromatic rings. The number of carbonyl (C=O) groups excluding carboxylic acids is 1. The van der Waals surface area contributed by atoms with E-state index >= 15 is 0 Å². The van der Waals surface area contributed by atoms with E-state index in [1.165, 1.54) is 19.3 Å². The number of aromatic nitrogens is 1. The maximum Gasteiger partial charge on any atom is 0.252 e. The zero-order chi connectivity index (χ0) is 16.4. The Bertz CT molecular complexity index is 435. The van der Waals surface area contributed by atoms with Crippen LogP contribution in [0.2, 0.25) is 0 Å². The minimum atomic E-state index is -0.0776. The van der Waals surface area contributed by atoms with Gasteiger partial charge in [0.05, 0.1) is 12.2 Å². The lowest BCUT2D eigenvalue weighted by Crippen LogP contribution is -2.27. The number of hydrogen-bond donors (Lipinski definition) is 1. The molecule has 0 bridgehead atoms. The largest absolute Gasteiger partial charge is 0.478 e. The number of nitrogens with zero attached hydrogens (tertiary/aromatic N) is 1. The molecule has 0 aliphatic heterocycles. The first-order chi connectivity index (χ1) is 10.4. The van der Waals surface area contributed by atoms with Gasteiger partial charge in [0.1, 0.15) is 0 Å². The maximum atomic E-state index is 12.0. The second-order valence-corrected chi connectivity index (χ2v) is 6.86. The molecular weight excluding hydrogens is 276 g/mol. The molecule has 0 fully saturated rings. The Hall–Kier alpha value is -1.58. The molecule has 1 amide bonds. The Kier molecular flexibility index (Phi) is 7.92. The van der Waals surface area contributed by atoms with Gasteiger partial charge in [0.25, 0.3) is 5.91 Å². The summed E-state index contributed by atoms with van der Waals surface area (Å²) in [4.78, 5) is 16.2. The third-order valence-corrected chi connectivity index (χ3v) is 3.41. The molecule has 0 saturated carbocycles. The smallest absolute Gasteiger partial charge is 0.252 e. The van der Waals surface area contributed by atoms with Crippen LogP contribution in [-0.2, 0) is 0 Å². The predicted octanol–water partition coefficient (Wildman–Crippen LogP) is 4.21. The van der Waals surface area contributed by atoms with Crippen LogP contribution in [0.25, 0.3) is 0 Å². The third-order valence-electron chi connectivity index (χ3n) is 3.41. The predicted molar refractivity (Wildman–Crippen MR) is 90.3 cm³/mol. The first kappa shape index (κ1) is 18.5. The SMILES string of the molecule is CCCCCCOc1ccc(C(=O)NCCC(C)(C)C)cn1. The molecule has 1 N–H and O–H groups in total. The lowest BCUT2D eigenvalue weighted by Gasteiger charge is -2.17. The highest BCUT2D eigenvalue weighted by molar-refractivity contribution is 5.93. The number of unbranched alkanes of at least 4 members (excludes halogenated alkanes) is 3. The minimum absolute atomic E-state index is 0.0776. The summed E-state index contributed by atoms with van der Waals surface area (Å²) in [6.07, 6.45) is 7.22. The van der Waals surface area contributed by atoms with Crippen LogP contribution in [-0.4, -0.2) is 24.0 Å². The first-order valence-corrected chi connectivity index (χ1v) is 8.29. The van der Waals surface area contributed by atoms with Crippen molar-refractivity contribution in [2.24, 2.45) is 5.41 Å². The van der Waals surface area contributed by atoms with Gasteiger partial charge >= 0.3 is 0 Å². The zero-order valence-corrected chi connectivity index (χ0v) is 14.4. The summed E-state index contributed by atoms with van der Waals surface area (Å²) >= 11 is 0. The van der Waals surface area contributed by atoms with Gasteiger partial charge in [0.15, 0.2) is 0 Å². The molecule has 0 atom stereocenters. The van der Waals surface area contributed by atoms with Gasteiger partial charge in [-0.2, -0.15) is 0 Å². The van der Waals surface area contributed by atoms with Crippen molar-refractivity contribution < 1.29 is 9.53 Å². The average Bonchev–Trinajstić information content (AvgIpc) is 2.46. The van der Waals surface area contributed by atoms with Gasteiger partial charge in [0, 0.05) is 18.8 Å². The van der Waals surface area contributed by atoms with Gasteiger partial charge in [-0.15, -0.1) is 0 Å². The number of nitrogens with one attached hydrogen (secondary N) is 1. The van der Waals surface area contributed by atoms with E-state index in [0.29, 0.717) is 24.6 Å². The molecule has 1 aromatic heterocycles. The van der Waals surface area contributed by atoms with Crippen molar-refractivity contribution in [2.75, 3.05) is 13.2 Å². The van der Waals surface area contributed by atoms with E-state index in [9.17, 15) is 4.79 Å². The highest BCUT2D eigenvalue weighted by Gasteiger charge is 2.11. The van der Waals surface area contributed by atoms with Gasteiger partial charge < -0.3 is 10.1 Å². The summed E-state index contributed by atoms with van der Waals surface area (Å²) < 4.78 is 5.57. The fourth-order valence-electron chi connectivity index (χ4n) is 1.96. The van der Waals surface area contributed by atoms with E-state index in [0.717, 1.165) is 12.8 Å². The monoisotopic (exact) mass is 306 g/mol. The van der Waals surface area contributed by atoms with Crippen molar-refractivity contribution in [3.8, 4) is 5.88 Å². The van der Waals surface area contributed by atoms with Crippen molar-refractivity contribution >= 4 is 5.91 Å². The van der Waals surface area contributed by atoms with Crippen LogP contribution >= 0.6 is 0 Å². The van der Waals surface area contributed by atoms with Crippen molar-refractivity contribution in [3.05, 3.63) is 23.9 Å². The molecule has 4 heteroatoms. The van der Waals surface area contributed by atoms with E-state index in [-0.39, 0.29) is 11.3 Å². The van der Waals surface area contributed by atoms with Crippen molar-refractivity contribution in [3.63, 3.8) is 0 Å². The van der Waals surface area contributed by atoms with Gasteiger partial charge in [-0.25, -0.2) is 4.98 Å². The van der Waals surface area contributed by atoms with Crippen molar-refractivity contribution in [2.45, 2.75) is 59.8 Å². The fourth-order valence-corrected chi connectivity index (χ4v) is 1.96. The van der Waals surface area contributed by atoms with Gasteiger partial charge in [-0.3, -0.25) is 4.79 Å². The van der Waals surface area contributed by atoms with Gasteiger partial charge in [-0.05, 0) is 24.3 Å². The van der Waals surface area contributed by atoms with Crippen molar-refractivity contribution in [1.82, 2.24) is 10.3 Å². The molecule has 4 nitrogen and oxygen atoms in total. The second-order valence-electron chi connectivity index (χ2n) is 6.86. The third kappa shape index (κ3) is 8.01. The summed E-state index contributed by atoms with van der Waals surface area (Å²) in [5.74, 6) is 0.508. The normalized spacial score (nSPS) is 11.3. The minimum Gasteiger partial charge on any atom is -0.478 e. The molecular formula is C18H30N2O2. The quantitative estimate of drug-likeness (QED) is 0.695. The summed E-state index contributed by atoms with van der Waals surface area (Å²) in [5.41, 5.74) is 0.799. The highest BCUT2D eigenvalue weighted by atomic mass is 16.5. The van der Waals surface area contributed by atoms with Crippen LogP contribution in [0, 0.1) is 5.41 Å². The van der Waals surface area contributed by atoms with E-state index < -0.39 is 0 Å². The van der Waals surface area contributed by atoms with Crippen LogP contribution in [0.3, 0.4) is 0 Å². The number of amides is 1. The topological polar surface area (TPSA) is 51.2 Å². The molecule has 0 aliphatic rings. The molecule has 0 spiro atoms. The van der Waals surface area contributed by atoms with E-state index in [1.807, 2.05) is 0 Å². The van der Waals surface area contributed by atoms with E-state index in [1.54, 1.807) is 18.3 Å². The maximum absolute atomic E-state index is 12.0. The average molecular weight is 306 g/mol. The highest BCUT2D eigenvalue weighted by Crippen LogP contribution is 2.17. The molecule has 0 saturated heterocycles. The standard InChI is InChI=1S/C18H30N2O2/c1-5-6-7-8-13-22-16-10-9-15(14-20-16)17(21)19-12-11-18(2,3)4/h9-10,14H,5-8,11-13H2,1-4H3,(H,19,21). The molecule has 0 aromatic carbocycles. The Morgan fingerprint density at radius 3 is 2.59 bits per heavy atom. The van der Waals surface area contributed by atoms with Crippen LogP contribution in [0.15, 0.2) is 18.3 Å². The Morgan fingerprint density at radius 2 is 2.00 bits per heavy atom. The number of carbonyl (C=O) groups is 1. The molecule has 1 heterocycles. The summed E-state index contributed by atoms with van der Waals surface area (Å²) in [5, 5.41) is 2.92. The van der Waals surface area contributed by atoms with E-state index in [4.69, 9.17) is 4.74 Å². The second kappa shape index (κ2) is 9.44. The number of rotatable bonds is 9. The Balaban J connectivity index is 2.32. The molecule has 22 heavy (non-hydrogen) atoms. The summed E-state index contributed by atoms with van der Waals surface area (Å²) in [6.45, 7) is 10.0. The molecule has 0 radical (unpaired) electrons. The summed E-state index contributed by atoms with van der Waals surface area (Å²) in [6, 6.07) is 3.53. The van der Waals surface area contributed by atoms with Crippen LogP contribution in [0.1, 0.15) is 70.2 Å². The Morgan fingerprint density at radius 1 is 1.23 bits per heavy atom.